The highest BCUT2D eigenvalue weighted by molar-refractivity contribution is 9.09. The van der Waals surface area contributed by atoms with Crippen molar-refractivity contribution < 1.29 is 4.74 Å². The van der Waals surface area contributed by atoms with Crippen molar-refractivity contribution in [1.29, 1.82) is 0 Å². The van der Waals surface area contributed by atoms with Gasteiger partial charge in [0.1, 0.15) is 0 Å². The molecule has 1 aliphatic heterocycles. The van der Waals surface area contributed by atoms with Gasteiger partial charge in [0, 0.05) is 30.0 Å². The normalized spacial score (nSPS) is 22.2. The van der Waals surface area contributed by atoms with Crippen LogP contribution in [0.1, 0.15) is 5.56 Å². The topological polar surface area (TPSA) is 12.5 Å². The second-order valence-electron chi connectivity index (χ2n) is 4.01. The third kappa shape index (κ3) is 3.45. The van der Waals surface area contributed by atoms with Gasteiger partial charge >= 0.3 is 0 Å². The molecule has 1 aromatic rings. The summed E-state index contributed by atoms with van der Waals surface area (Å²) in [4.78, 5) is 2.42. The van der Waals surface area contributed by atoms with Gasteiger partial charge in [-0.15, -0.1) is 0 Å². The summed E-state index contributed by atoms with van der Waals surface area (Å²) in [6.45, 7) is 3.80. The molecule has 2 rings (SSSR count). The number of nitrogens with zero attached hydrogens (tertiary/aromatic N) is 1. The SMILES string of the molecule is Clc1ccc(CN2CCOC(CBr)C2)cc1. The molecule has 88 valence electrons. The van der Waals surface area contributed by atoms with E-state index in [1.54, 1.807) is 0 Å². The van der Waals surface area contributed by atoms with Gasteiger partial charge in [-0.3, -0.25) is 4.90 Å². The van der Waals surface area contributed by atoms with E-state index >= 15 is 0 Å². The summed E-state index contributed by atoms with van der Waals surface area (Å²) in [5, 5.41) is 1.70. The van der Waals surface area contributed by atoms with Gasteiger partial charge in [-0.1, -0.05) is 39.7 Å². The zero-order valence-electron chi connectivity index (χ0n) is 9.03. The van der Waals surface area contributed by atoms with Gasteiger partial charge in [0.25, 0.3) is 0 Å². The lowest BCUT2D eigenvalue weighted by atomic mass is 10.2. The van der Waals surface area contributed by atoms with E-state index in [4.69, 9.17) is 16.3 Å². The smallest absolute Gasteiger partial charge is 0.0799 e. The first-order valence-corrected chi connectivity index (χ1v) is 6.92. The summed E-state index contributed by atoms with van der Waals surface area (Å²) in [5.41, 5.74) is 1.31. The molecule has 16 heavy (non-hydrogen) atoms. The van der Waals surface area contributed by atoms with Crippen molar-refractivity contribution in [2.24, 2.45) is 0 Å². The van der Waals surface area contributed by atoms with Gasteiger partial charge in [-0.05, 0) is 17.7 Å². The molecule has 0 radical (unpaired) electrons. The second kappa shape index (κ2) is 6.01. The molecular weight excluding hydrogens is 289 g/mol. The molecule has 0 spiro atoms. The van der Waals surface area contributed by atoms with Crippen LogP contribution >= 0.6 is 27.5 Å². The molecule has 4 heteroatoms. The molecule has 1 saturated heterocycles. The summed E-state index contributed by atoms with van der Waals surface area (Å²) >= 11 is 9.32. The largest absolute Gasteiger partial charge is 0.375 e. The maximum atomic E-state index is 5.86. The Bertz CT molecular complexity index is 330. The summed E-state index contributed by atoms with van der Waals surface area (Å²) in [6, 6.07) is 8.06. The van der Waals surface area contributed by atoms with Crippen molar-refractivity contribution in [3.05, 3.63) is 34.9 Å². The van der Waals surface area contributed by atoms with Crippen molar-refractivity contribution in [1.82, 2.24) is 4.90 Å². The van der Waals surface area contributed by atoms with Crippen LogP contribution in [0.25, 0.3) is 0 Å². The first kappa shape index (κ1) is 12.4. The number of hydrogen-bond donors (Lipinski definition) is 0. The number of ether oxygens (including phenoxy) is 1. The molecular formula is C12H15BrClNO. The Morgan fingerprint density at radius 1 is 1.38 bits per heavy atom. The Morgan fingerprint density at radius 3 is 2.81 bits per heavy atom. The standard InChI is InChI=1S/C12H15BrClNO/c13-7-12-9-15(5-6-16-12)8-10-1-3-11(14)4-2-10/h1-4,12H,5-9H2. The molecule has 0 aromatic heterocycles. The fourth-order valence-electron chi connectivity index (χ4n) is 1.87. The van der Waals surface area contributed by atoms with Gasteiger partial charge in [-0.2, -0.15) is 0 Å². The van der Waals surface area contributed by atoms with Gasteiger partial charge in [0.15, 0.2) is 0 Å². The molecule has 1 atom stereocenters. The van der Waals surface area contributed by atoms with Crippen LogP contribution in [0.5, 0.6) is 0 Å². The van der Waals surface area contributed by atoms with E-state index in [-0.39, 0.29) is 0 Å². The Labute approximate surface area is 110 Å². The van der Waals surface area contributed by atoms with Crippen molar-refractivity contribution >= 4 is 27.5 Å². The van der Waals surface area contributed by atoms with Crippen LogP contribution in [0.15, 0.2) is 24.3 Å². The molecule has 0 N–H and O–H groups in total. The minimum absolute atomic E-state index is 0.320. The van der Waals surface area contributed by atoms with Crippen LogP contribution in [0, 0.1) is 0 Å². The second-order valence-corrected chi connectivity index (χ2v) is 5.09. The highest BCUT2D eigenvalue weighted by Crippen LogP contribution is 2.14. The van der Waals surface area contributed by atoms with Gasteiger partial charge in [0.2, 0.25) is 0 Å². The van der Waals surface area contributed by atoms with Gasteiger partial charge in [0.05, 0.1) is 12.7 Å². The number of alkyl halides is 1. The lowest BCUT2D eigenvalue weighted by Crippen LogP contribution is -2.42. The fraction of sp³-hybridized carbons (Fsp3) is 0.500. The van der Waals surface area contributed by atoms with Gasteiger partial charge in [-0.25, -0.2) is 0 Å². The van der Waals surface area contributed by atoms with Crippen molar-refractivity contribution in [3.63, 3.8) is 0 Å². The number of halogens is 2. The van der Waals surface area contributed by atoms with E-state index in [9.17, 15) is 0 Å². The summed E-state index contributed by atoms with van der Waals surface area (Å²) < 4.78 is 5.60. The fourth-order valence-corrected chi connectivity index (χ4v) is 2.38. The quantitative estimate of drug-likeness (QED) is 0.796. The van der Waals surface area contributed by atoms with E-state index in [2.05, 4.69) is 33.0 Å². The molecule has 0 bridgehead atoms. The lowest BCUT2D eigenvalue weighted by Gasteiger charge is -2.32. The highest BCUT2D eigenvalue weighted by atomic mass is 79.9. The monoisotopic (exact) mass is 303 g/mol. The molecule has 0 amide bonds. The average Bonchev–Trinajstić information content (AvgIpc) is 2.32. The molecule has 1 unspecified atom stereocenters. The van der Waals surface area contributed by atoms with Crippen molar-refractivity contribution in [3.8, 4) is 0 Å². The number of rotatable bonds is 3. The van der Waals surface area contributed by atoms with Crippen LogP contribution in [0.2, 0.25) is 5.02 Å². The van der Waals surface area contributed by atoms with E-state index in [1.165, 1.54) is 5.56 Å². The van der Waals surface area contributed by atoms with Gasteiger partial charge < -0.3 is 4.74 Å². The Hall–Kier alpha value is -0.0900. The molecule has 1 heterocycles. The van der Waals surface area contributed by atoms with E-state index in [0.29, 0.717) is 6.10 Å². The van der Waals surface area contributed by atoms with Crippen LogP contribution in [-0.2, 0) is 11.3 Å². The summed E-state index contributed by atoms with van der Waals surface area (Å²) in [5.74, 6) is 0. The first-order chi connectivity index (χ1) is 7.78. The molecule has 1 fully saturated rings. The molecule has 2 nitrogen and oxygen atoms in total. The highest BCUT2D eigenvalue weighted by Gasteiger charge is 2.19. The van der Waals surface area contributed by atoms with Crippen molar-refractivity contribution in [2.45, 2.75) is 12.6 Å². The van der Waals surface area contributed by atoms with E-state index in [0.717, 1.165) is 36.6 Å². The number of morpholine rings is 1. The third-order valence-corrected chi connectivity index (χ3v) is 3.69. The van der Waals surface area contributed by atoms with E-state index < -0.39 is 0 Å². The third-order valence-electron chi connectivity index (χ3n) is 2.71. The summed E-state index contributed by atoms with van der Waals surface area (Å²) in [7, 11) is 0. The first-order valence-electron chi connectivity index (χ1n) is 5.42. The zero-order chi connectivity index (χ0) is 11.4. The zero-order valence-corrected chi connectivity index (χ0v) is 11.4. The van der Waals surface area contributed by atoms with E-state index in [1.807, 2.05) is 12.1 Å². The van der Waals surface area contributed by atoms with Crippen molar-refractivity contribution in [2.75, 3.05) is 25.0 Å². The average molecular weight is 305 g/mol. The van der Waals surface area contributed by atoms with Crippen LogP contribution in [0.4, 0.5) is 0 Å². The lowest BCUT2D eigenvalue weighted by molar-refractivity contribution is -0.0181. The predicted octanol–water partition coefficient (Wildman–Crippen LogP) is 2.94. The summed E-state index contributed by atoms with van der Waals surface area (Å²) in [6.07, 6.45) is 0.320. The molecule has 1 aromatic carbocycles. The minimum atomic E-state index is 0.320. The Morgan fingerprint density at radius 2 is 2.12 bits per heavy atom. The number of benzene rings is 1. The molecule has 1 aliphatic rings. The Kier molecular flexibility index (Phi) is 4.65. The molecule has 0 saturated carbocycles. The maximum Gasteiger partial charge on any atom is 0.0799 e. The minimum Gasteiger partial charge on any atom is -0.375 e. The number of hydrogen-bond acceptors (Lipinski definition) is 2. The maximum absolute atomic E-state index is 5.86. The predicted molar refractivity (Wildman–Crippen MR) is 70.3 cm³/mol. The van der Waals surface area contributed by atoms with Crippen LogP contribution in [0.3, 0.4) is 0 Å². The Balaban J connectivity index is 1.91. The van der Waals surface area contributed by atoms with Crippen LogP contribution < -0.4 is 0 Å². The molecule has 0 aliphatic carbocycles. The van der Waals surface area contributed by atoms with Crippen LogP contribution in [-0.4, -0.2) is 36.0 Å².